The number of ketones is 1. The van der Waals surface area contributed by atoms with Crippen LogP contribution in [-0.4, -0.2) is 42.1 Å². The number of aromatic hydroxyl groups is 1. The molecular weight excluding hydrogens is 480 g/mol. The van der Waals surface area contributed by atoms with E-state index in [1.165, 1.54) is 17.0 Å². The van der Waals surface area contributed by atoms with Crippen LogP contribution >= 0.6 is 11.6 Å². The molecule has 0 saturated carbocycles. The molecule has 7 nitrogen and oxygen atoms in total. The third kappa shape index (κ3) is 3.85. The number of ether oxygens (including phenoxy) is 1. The van der Waals surface area contributed by atoms with Gasteiger partial charge in [0.1, 0.15) is 23.9 Å². The van der Waals surface area contributed by atoms with Gasteiger partial charge in [-0.1, -0.05) is 23.7 Å². The standard InChI is InChI=1S/C28H25ClN2O5/c1-15-4-7-19(12-16(15)2)31-25(17-5-8-22(32)20(29)13-17)24(27(34)28(31)35)26(33)18-6-9-23-21(14-18)30(3)10-11-36-23/h4-9,12-14,25,32-33H,10-11H2,1-3H3/b26-24-. The summed E-state index contributed by atoms with van der Waals surface area (Å²) in [5.74, 6) is -1.30. The average Bonchev–Trinajstić information content (AvgIpc) is 3.12. The number of phenolic OH excluding ortho intramolecular Hbond substituents is 1. The summed E-state index contributed by atoms with van der Waals surface area (Å²) in [4.78, 5) is 30.2. The number of halogens is 1. The fourth-order valence-corrected chi connectivity index (χ4v) is 4.83. The molecule has 0 spiro atoms. The number of hydrogen-bond donors (Lipinski definition) is 2. The summed E-state index contributed by atoms with van der Waals surface area (Å²) in [6.07, 6.45) is 0. The van der Waals surface area contributed by atoms with E-state index in [2.05, 4.69) is 0 Å². The van der Waals surface area contributed by atoms with Crippen LogP contribution in [0.5, 0.6) is 11.5 Å². The molecule has 1 atom stereocenters. The number of Topliss-reactive ketones (excluding diaryl/α,β-unsaturated/α-hetero) is 1. The maximum Gasteiger partial charge on any atom is 0.300 e. The Kier molecular flexibility index (Phi) is 5.88. The van der Waals surface area contributed by atoms with Crippen molar-refractivity contribution >= 4 is 40.4 Å². The van der Waals surface area contributed by atoms with Crippen molar-refractivity contribution in [3.8, 4) is 11.5 Å². The average molecular weight is 505 g/mol. The lowest BCUT2D eigenvalue weighted by atomic mass is 9.94. The van der Waals surface area contributed by atoms with E-state index in [4.69, 9.17) is 16.3 Å². The monoisotopic (exact) mass is 504 g/mol. The molecular formula is C28H25ClN2O5. The van der Waals surface area contributed by atoms with Crippen LogP contribution in [0.2, 0.25) is 5.02 Å². The third-order valence-electron chi connectivity index (χ3n) is 6.83. The number of carbonyl (C=O) groups is 2. The van der Waals surface area contributed by atoms with E-state index < -0.39 is 17.7 Å². The van der Waals surface area contributed by atoms with Crippen molar-refractivity contribution in [1.29, 1.82) is 0 Å². The van der Waals surface area contributed by atoms with Crippen molar-refractivity contribution in [2.24, 2.45) is 0 Å². The van der Waals surface area contributed by atoms with Crippen LogP contribution in [0.3, 0.4) is 0 Å². The normalized spacial score (nSPS) is 18.8. The number of rotatable bonds is 3. The second-order valence-corrected chi connectivity index (χ2v) is 9.51. The summed E-state index contributed by atoms with van der Waals surface area (Å²) in [6, 6.07) is 14.2. The maximum absolute atomic E-state index is 13.4. The number of fused-ring (bicyclic) bond motifs is 1. The lowest BCUT2D eigenvalue weighted by Crippen LogP contribution is -2.29. The zero-order valence-corrected chi connectivity index (χ0v) is 20.8. The minimum Gasteiger partial charge on any atom is -0.507 e. The molecule has 2 N–H and O–H groups in total. The van der Waals surface area contributed by atoms with Gasteiger partial charge in [0.2, 0.25) is 0 Å². The maximum atomic E-state index is 13.4. The number of likely N-dealkylation sites (N-methyl/N-ethyl adjacent to an activating group) is 1. The van der Waals surface area contributed by atoms with Crippen LogP contribution in [0.4, 0.5) is 11.4 Å². The SMILES string of the molecule is Cc1ccc(N2C(=O)C(=O)/C(=C(\O)c3ccc4c(c3)N(C)CCO4)C2c2ccc(O)c(Cl)c2)cc1C. The van der Waals surface area contributed by atoms with Gasteiger partial charge in [-0.05, 0) is 73.0 Å². The second kappa shape index (κ2) is 8.91. The number of amides is 1. The van der Waals surface area contributed by atoms with Gasteiger partial charge in [-0.15, -0.1) is 0 Å². The topological polar surface area (TPSA) is 90.3 Å². The van der Waals surface area contributed by atoms with E-state index in [0.717, 1.165) is 16.8 Å². The molecule has 2 aliphatic heterocycles. The highest BCUT2D eigenvalue weighted by Gasteiger charge is 2.47. The van der Waals surface area contributed by atoms with E-state index >= 15 is 0 Å². The van der Waals surface area contributed by atoms with Crippen molar-refractivity contribution in [2.75, 3.05) is 30.0 Å². The quantitative estimate of drug-likeness (QED) is 0.292. The Labute approximate surface area is 213 Å². The van der Waals surface area contributed by atoms with Crippen molar-refractivity contribution in [2.45, 2.75) is 19.9 Å². The number of nitrogens with zero attached hydrogens (tertiary/aromatic N) is 2. The fraction of sp³-hybridized carbons (Fsp3) is 0.214. The first-order chi connectivity index (χ1) is 17.2. The van der Waals surface area contributed by atoms with Gasteiger partial charge in [0.25, 0.3) is 11.7 Å². The number of carbonyl (C=O) groups excluding carboxylic acids is 2. The summed E-state index contributed by atoms with van der Waals surface area (Å²) in [5, 5.41) is 21.5. The van der Waals surface area contributed by atoms with E-state index in [0.29, 0.717) is 35.7 Å². The lowest BCUT2D eigenvalue weighted by Gasteiger charge is -2.28. The summed E-state index contributed by atoms with van der Waals surface area (Å²) < 4.78 is 5.70. The lowest BCUT2D eigenvalue weighted by molar-refractivity contribution is -0.132. The number of anilines is 2. The van der Waals surface area contributed by atoms with Gasteiger partial charge in [0, 0.05) is 18.3 Å². The van der Waals surface area contributed by atoms with Crippen LogP contribution in [0, 0.1) is 13.8 Å². The predicted molar refractivity (Wildman–Crippen MR) is 139 cm³/mol. The highest BCUT2D eigenvalue weighted by atomic mass is 35.5. The summed E-state index contributed by atoms with van der Waals surface area (Å²) in [6.45, 7) is 5.12. The van der Waals surface area contributed by atoms with E-state index in [-0.39, 0.29) is 22.1 Å². The highest BCUT2D eigenvalue weighted by molar-refractivity contribution is 6.51. The molecule has 1 unspecified atom stereocenters. The van der Waals surface area contributed by atoms with Gasteiger partial charge in [0.05, 0.1) is 28.9 Å². The zero-order valence-electron chi connectivity index (χ0n) is 20.1. The molecule has 1 fully saturated rings. The summed E-state index contributed by atoms with van der Waals surface area (Å²) in [5.41, 5.74) is 4.10. The molecule has 0 bridgehead atoms. The number of benzene rings is 3. The van der Waals surface area contributed by atoms with Gasteiger partial charge < -0.3 is 19.8 Å². The Hall–Kier alpha value is -3.97. The van der Waals surface area contributed by atoms with Crippen LogP contribution in [0.1, 0.15) is 28.3 Å². The molecule has 36 heavy (non-hydrogen) atoms. The smallest absolute Gasteiger partial charge is 0.300 e. The molecule has 0 radical (unpaired) electrons. The van der Waals surface area contributed by atoms with Crippen molar-refractivity contribution in [1.82, 2.24) is 0 Å². The minimum absolute atomic E-state index is 0.0562. The van der Waals surface area contributed by atoms with E-state index in [1.54, 1.807) is 30.3 Å². The Bertz CT molecular complexity index is 1450. The van der Waals surface area contributed by atoms with Crippen LogP contribution in [0.25, 0.3) is 5.76 Å². The van der Waals surface area contributed by atoms with Gasteiger partial charge in [-0.25, -0.2) is 0 Å². The Morgan fingerprint density at radius 2 is 1.81 bits per heavy atom. The van der Waals surface area contributed by atoms with Crippen LogP contribution in [-0.2, 0) is 9.59 Å². The van der Waals surface area contributed by atoms with Crippen molar-refractivity contribution in [3.05, 3.63) is 87.4 Å². The molecule has 0 aromatic heterocycles. The first kappa shape index (κ1) is 23.8. The van der Waals surface area contributed by atoms with Crippen LogP contribution in [0.15, 0.2) is 60.2 Å². The van der Waals surface area contributed by atoms with Gasteiger partial charge in [0.15, 0.2) is 0 Å². The first-order valence-electron chi connectivity index (χ1n) is 11.5. The Balaban J connectivity index is 1.72. The summed E-state index contributed by atoms with van der Waals surface area (Å²) in [7, 11) is 1.92. The van der Waals surface area contributed by atoms with Crippen molar-refractivity contribution < 1.29 is 24.5 Å². The van der Waals surface area contributed by atoms with Crippen molar-refractivity contribution in [3.63, 3.8) is 0 Å². The van der Waals surface area contributed by atoms with Crippen LogP contribution < -0.4 is 14.5 Å². The molecule has 3 aromatic rings. The zero-order chi connectivity index (χ0) is 25.7. The Morgan fingerprint density at radius 3 is 2.53 bits per heavy atom. The molecule has 1 amide bonds. The van der Waals surface area contributed by atoms with E-state index in [1.807, 2.05) is 37.9 Å². The summed E-state index contributed by atoms with van der Waals surface area (Å²) >= 11 is 6.21. The molecule has 1 saturated heterocycles. The number of phenols is 1. The molecule has 184 valence electrons. The molecule has 8 heteroatoms. The molecule has 0 aliphatic carbocycles. The number of hydrogen-bond acceptors (Lipinski definition) is 6. The minimum atomic E-state index is -0.949. The predicted octanol–water partition coefficient (Wildman–Crippen LogP) is 5.12. The second-order valence-electron chi connectivity index (χ2n) is 9.10. The number of aryl methyl sites for hydroxylation is 2. The molecule has 2 heterocycles. The highest BCUT2D eigenvalue weighted by Crippen LogP contribution is 2.44. The van der Waals surface area contributed by atoms with E-state index in [9.17, 15) is 19.8 Å². The first-order valence-corrected chi connectivity index (χ1v) is 11.9. The van der Waals surface area contributed by atoms with Gasteiger partial charge in [-0.3, -0.25) is 14.5 Å². The molecule has 5 rings (SSSR count). The Morgan fingerprint density at radius 1 is 1.03 bits per heavy atom. The number of aliphatic hydroxyl groups excluding tert-OH is 1. The molecule has 2 aliphatic rings. The van der Waals surface area contributed by atoms with Gasteiger partial charge in [-0.2, -0.15) is 0 Å². The molecule has 3 aromatic carbocycles. The largest absolute Gasteiger partial charge is 0.507 e. The number of aliphatic hydroxyl groups is 1. The fourth-order valence-electron chi connectivity index (χ4n) is 4.64. The third-order valence-corrected chi connectivity index (χ3v) is 7.13. The van der Waals surface area contributed by atoms with Gasteiger partial charge >= 0.3 is 0 Å².